The standard InChI is InChI=1S/C14H16BrNO2S/c1-9-10(5-12(7-16)19-9)8-18-14-4-3-11(17-2)6-13(14)15/h3-6H,7-8,16H2,1-2H3. The highest BCUT2D eigenvalue weighted by molar-refractivity contribution is 9.10. The molecule has 0 atom stereocenters. The Morgan fingerprint density at radius 3 is 2.68 bits per heavy atom. The van der Waals surface area contributed by atoms with Crippen molar-refractivity contribution >= 4 is 27.3 Å². The van der Waals surface area contributed by atoms with Crippen LogP contribution in [0.25, 0.3) is 0 Å². The number of nitrogens with two attached hydrogens (primary N) is 1. The average molecular weight is 342 g/mol. The van der Waals surface area contributed by atoms with Crippen molar-refractivity contribution in [2.75, 3.05) is 7.11 Å². The Balaban J connectivity index is 2.07. The molecule has 19 heavy (non-hydrogen) atoms. The second kappa shape index (κ2) is 6.41. The zero-order valence-corrected chi connectivity index (χ0v) is 13.3. The van der Waals surface area contributed by atoms with Gasteiger partial charge >= 0.3 is 0 Å². The van der Waals surface area contributed by atoms with Crippen molar-refractivity contribution < 1.29 is 9.47 Å². The maximum Gasteiger partial charge on any atom is 0.134 e. The van der Waals surface area contributed by atoms with Crippen LogP contribution in [0.1, 0.15) is 15.3 Å². The summed E-state index contributed by atoms with van der Waals surface area (Å²) in [7, 11) is 1.64. The fourth-order valence-electron chi connectivity index (χ4n) is 1.71. The Labute approximate surface area is 125 Å². The van der Waals surface area contributed by atoms with Crippen LogP contribution >= 0.6 is 27.3 Å². The zero-order valence-electron chi connectivity index (χ0n) is 10.9. The van der Waals surface area contributed by atoms with Crippen molar-refractivity contribution in [3.05, 3.63) is 44.1 Å². The van der Waals surface area contributed by atoms with Crippen molar-refractivity contribution in [1.29, 1.82) is 0 Å². The Kier molecular flexibility index (Phi) is 4.85. The van der Waals surface area contributed by atoms with Gasteiger partial charge in [0.15, 0.2) is 0 Å². The van der Waals surface area contributed by atoms with Crippen LogP contribution in [0.4, 0.5) is 0 Å². The summed E-state index contributed by atoms with van der Waals surface area (Å²) >= 11 is 5.20. The Morgan fingerprint density at radius 1 is 1.32 bits per heavy atom. The third kappa shape index (κ3) is 3.49. The molecule has 0 unspecified atom stereocenters. The number of methoxy groups -OCH3 is 1. The van der Waals surface area contributed by atoms with E-state index in [1.165, 1.54) is 15.3 Å². The van der Waals surface area contributed by atoms with Crippen molar-refractivity contribution in [3.8, 4) is 11.5 Å². The molecule has 102 valence electrons. The van der Waals surface area contributed by atoms with Crippen LogP contribution < -0.4 is 15.2 Å². The van der Waals surface area contributed by atoms with Crippen molar-refractivity contribution in [2.45, 2.75) is 20.1 Å². The molecule has 0 fully saturated rings. The molecule has 5 heteroatoms. The lowest BCUT2D eigenvalue weighted by molar-refractivity contribution is 0.303. The van der Waals surface area contributed by atoms with E-state index in [-0.39, 0.29) is 0 Å². The molecule has 0 spiro atoms. The normalized spacial score (nSPS) is 10.5. The molecule has 0 saturated heterocycles. The largest absolute Gasteiger partial charge is 0.497 e. The van der Waals surface area contributed by atoms with E-state index in [2.05, 4.69) is 28.9 Å². The molecule has 0 amide bonds. The van der Waals surface area contributed by atoms with Gasteiger partial charge < -0.3 is 15.2 Å². The minimum atomic E-state index is 0.549. The quantitative estimate of drug-likeness (QED) is 0.897. The van der Waals surface area contributed by atoms with E-state index >= 15 is 0 Å². The number of benzene rings is 1. The highest BCUT2D eigenvalue weighted by Gasteiger charge is 2.07. The van der Waals surface area contributed by atoms with Crippen molar-refractivity contribution in [1.82, 2.24) is 0 Å². The molecule has 2 rings (SSSR count). The number of hydrogen-bond acceptors (Lipinski definition) is 4. The minimum Gasteiger partial charge on any atom is -0.497 e. The molecule has 3 nitrogen and oxygen atoms in total. The Hall–Kier alpha value is -1.04. The van der Waals surface area contributed by atoms with E-state index in [0.29, 0.717) is 13.2 Å². The van der Waals surface area contributed by atoms with E-state index in [9.17, 15) is 0 Å². The van der Waals surface area contributed by atoms with Gasteiger partial charge in [0.2, 0.25) is 0 Å². The number of halogens is 1. The lowest BCUT2D eigenvalue weighted by Crippen LogP contribution is -1.97. The van der Waals surface area contributed by atoms with Crippen molar-refractivity contribution in [3.63, 3.8) is 0 Å². The highest BCUT2D eigenvalue weighted by atomic mass is 79.9. The van der Waals surface area contributed by atoms with Crippen molar-refractivity contribution in [2.24, 2.45) is 5.73 Å². The summed E-state index contributed by atoms with van der Waals surface area (Å²) in [6, 6.07) is 7.78. The molecule has 0 bridgehead atoms. The predicted molar refractivity (Wildman–Crippen MR) is 82.0 cm³/mol. The summed E-state index contributed by atoms with van der Waals surface area (Å²) in [5, 5.41) is 0. The summed E-state index contributed by atoms with van der Waals surface area (Å²) < 4.78 is 11.9. The first-order valence-electron chi connectivity index (χ1n) is 5.88. The molecule has 1 aromatic carbocycles. The fourth-order valence-corrected chi connectivity index (χ4v) is 3.11. The molecule has 0 aliphatic carbocycles. The van der Waals surface area contributed by atoms with Gasteiger partial charge in [-0.15, -0.1) is 11.3 Å². The summed E-state index contributed by atoms with van der Waals surface area (Å²) in [5.74, 6) is 1.61. The van der Waals surface area contributed by atoms with Gasteiger partial charge in [-0.05, 0) is 47.1 Å². The summed E-state index contributed by atoms with van der Waals surface area (Å²) in [6.45, 7) is 3.22. The topological polar surface area (TPSA) is 44.5 Å². The maximum absolute atomic E-state index is 5.82. The van der Waals surface area contributed by atoms with Gasteiger partial charge in [-0.1, -0.05) is 0 Å². The molecule has 0 aliphatic heterocycles. The molecule has 0 aliphatic rings. The van der Waals surface area contributed by atoms with E-state index in [1.54, 1.807) is 18.4 Å². The number of aryl methyl sites for hydroxylation is 1. The highest BCUT2D eigenvalue weighted by Crippen LogP contribution is 2.30. The lowest BCUT2D eigenvalue weighted by Gasteiger charge is -2.09. The molecular weight excluding hydrogens is 326 g/mol. The predicted octanol–water partition coefficient (Wildman–Crippen LogP) is 3.87. The molecular formula is C14H16BrNO2S. The molecule has 2 aromatic rings. The van der Waals surface area contributed by atoms with Crippen LogP contribution in [0.5, 0.6) is 11.5 Å². The summed E-state index contributed by atoms with van der Waals surface area (Å²) in [6.07, 6.45) is 0. The molecule has 1 heterocycles. The van der Waals surface area contributed by atoms with Gasteiger partial charge in [-0.3, -0.25) is 0 Å². The van der Waals surface area contributed by atoms with Gasteiger partial charge in [0.25, 0.3) is 0 Å². The van der Waals surface area contributed by atoms with Gasteiger partial charge in [-0.2, -0.15) is 0 Å². The zero-order chi connectivity index (χ0) is 13.8. The van der Waals surface area contributed by atoms with Crippen LogP contribution in [-0.2, 0) is 13.2 Å². The number of rotatable bonds is 5. The SMILES string of the molecule is COc1ccc(OCc2cc(CN)sc2C)c(Br)c1. The van der Waals surface area contributed by atoms with E-state index < -0.39 is 0 Å². The average Bonchev–Trinajstić information content (AvgIpc) is 2.78. The fraction of sp³-hybridized carbons (Fsp3) is 0.286. The van der Waals surface area contributed by atoms with Crippen LogP contribution in [-0.4, -0.2) is 7.11 Å². The molecule has 1 aromatic heterocycles. The van der Waals surface area contributed by atoms with Crippen LogP contribution in [0, 0.1) is 6.92 Å². The maximum atomic E-state index is 5.82. The third-order valence-electron chi connectivity index (χ3n) is 2.80. The van der Waals surface area contributed by atoms with E-state index in [4.69, 9.17) is 15.2 Å². The second-order valence-electron chi connectivity index (χ2n) is 4.08. The molecule has 0 radical (unpaired) electrons. The first kappa shape index (κ1) is 14.4. The lowest BCUT2D eigenvalue weighted by atomic mass is 10.2. The van der Waals surface area contributed by atoms with Gasteiger partial charge in [0.05, 0.1) is 11.6 Å². The molecule has 2 N–H and O–H groups in total. The van der Waals surface area contributed by atoms with Gasteiger partial charge in [-0.25, -0.2) is 0 Å². The Morgan fingerprint density at radius 2 is 2.11 bits per heavy atom. The van der Waals surface area contributed by atoms with Crippen LogP contribution in [0.15, 0.2) is 28.7 Å². The number of thiophene rings is 1. The smallest absolute Gasteiger partial charge is 0.134 e. The Bertz CT molecular complexity index is 569. The summed E-state index contributed by atoms with van der Waals surface area (Å²) in [4.78, 5) is 2.44. The number of ether oxygens (including phenoxy) is 2. The minimum absolute atomic E-state index is 0.549. The summed E-state index contributed by atoms with van der Waals surface area (Å²) in [5.41, 5.74) is 6.83. The van der Waals surface area contributed by atoms with Crippen LogP contribution in [0.2, 0.25) is 0 Å². The first-order chi connectivity index (χ1) is 9.13. The second-order valence-corrected chi connectivity index (χ2v) is 6.28. The van der Waals surface area contributed by atoms with Gasteiger partial charge in [0.1, 0.15) is 18.1 Å². The first-order valence-corrected chi connectivity index (χ1v) is 7.49. The van der Waals surface area contributed by atoms with E-state index in [0.717, 1.165) is 16.0 Å². The third-order valence-corrected chi connectivity index (χ3v) is 4.53. The molecule has 0 saturated carbocycles. The van der Waals surface area contributed by atoms with E-state index in [1.807, 2.05) is 18.2 Å². The van der Waals surface area contributed by atoms with Crippen LogP contribution in [0.3, 0.4) is 0 Å². The number of hydrogen-bond donors (Lipinski definition) is 1. The van der Waals surface area contributed by atoms with Gasteiger partial charge in [0, 0.05) is 21.9 Å². The monoisotopic (exact) mass is 341 g/mol.